The lowest BCUT2D eigenvalue weighted by Gasteiger charge is -2.03. The summed E-state index contributed by atoms with van der Waals surface area (Å²) >= 11 is 0. The third-order valence-electron chi connectivity index (χ3n) is 2.77. The topological polar surface area (TPSA) is 0 Å². The average Bonchev–Trinajstić information content (AvgIpc) is 2.65. The molecule has 0 unspecified atom stereocenters. The van der Waals surface area contributed by atoms with Crippen LogP contribution in [0.5, 0.6) is 0 Å². The van der Waals surface area contributed by atoms with Crippen molar-refractivity contribution in [2.45, 2.75) is 32.6 Å². The Kier molecular flexibility index (Phi) is 3.03. The fourth-order valence-corrected chi connectivity index (χ4v) is 1.91. The van der Waals surface area contributed by atoms with E-state index in [2.05, 4.69) is 43.7 Å². The largest absolute Gasteiger partial charge is 0.0755 e. The second-order valence-electron chi connectivity index (χ2n) is 3.95. The first-order chi connectivity index (χ1) is 6.90. The molecule has 73 valence electrons. The Morgan fingerprint density at radius 2 is 2.00 bits per heavy atom. The molecule has 1 radical (unpaired) electrons. The van der Waals surface area contributed by atoms with Crippen molar-refractivity contribution in [1.29, 1.82) is 0 Å². The number of rotatable bonds is 4. The molecule has 0 spiro atoms. The Labute approximate surface area is 86.7 Å². The molecule has 1 aliphatic rings. The van der Waals surface area contributed by atoms with Crippen molar-refractivity contribution in [2.75, 3.05) is 0 Å². The van der Waals surface area contributed by atoms with E-state index in [9.17, 15) is 0 Å². The molecule has 1 aliphatic carbocycles. The van der Waals surface area contributed by atoms with Gasteiger partial charge in [0.05, 0.1) is 0 Å². The van der Waals surface area contributed by atoms with Crippen LogP contribution in [-0.4, -0.2) is 0 Å². The Morgan fingerprint density at radius 1 is 1.07 bits per heavy atom. The predicted octanol–water partition coefficient (Wildman–Crippen LogP) is 4.00. The first-order valence-corrected chi connectivity index (χ1v) is 5.54. The summed E-state index contributed by atoms with van der Waals surface area (Å²) in [7, 11) is 0. The van der Waals surface area contributed by atoms with E-state index in [1.165, 1.54) is 42.4 Å². The van der Waals surface area contributed by atoms with Crippen molar-refractivity contribution in [3.8, 4) is 0 Å². The number of aryl methyl sites for hydroxylation is 1. The molecule has 1 aromatic carbocycles. The van der Waals surface area contributed by atoms with Gasteiger partial charge >= 0.3 is 0 Å². The highest BCUT2D eigenvalue weighted by Gasteiger charge is 2.05. The van der Waals surface area contributed by atoms with E-state index < -0.39 is 0 Å². The lowest BCUT2D eigenvalue weighted by atomic mass is 10.0. The number of hydrogen-bond acceptors (Lipinski definition) is 0. The first kappa shape index (κ1) is 9.51. The fourth-order valence-electron chi connectivity index (χ4n) is 1.91. The SMILES string of the molecule is CCCCCc1ccc2c(c1)C=C[CH]2. The lowest BCUT2D eigenvalue weighted by molar-refractivity contribution is 0.717. The smallest absolute Gasteiger partial charge is 0.0131 e. The van der Waals surface area contributed by atoms with Crippen LogP contribution < -0.4 is 0 Å². The molecule has 14 heavy (non-hydrogen) atoms. The van der Waals surface area contributed by atoms with Crippen molar-refractivity contribution in [2.24, 2.45) is 0 Å². The Balaban J connectivity index is 2.01. The molecule has 0 saturated carbocycles. The van der Waals surface area contributed by atoms with Gasteiger partial charge < -0.3 is 0 Å². The predicted molar refractivity (Wildman–Crippen MR) is 62.1 cm³/mol. The van der Waals surface area contributed by atoms with Crippen molar-refractivity contribution >= 4 is 6.08 Å². The second-order valence-corrected chi connectivity index (χ2v) is 3.95. The standard InChI is InChI=1S/C14H17/c1-2-3-4-6-12-9-10-13-7-5-8-14(13)11-12/h5,7-11H,2-4,6H2,1H3. The molecule has 0 fully saturated rings. The molecule has 0 bridgehead atoms. The summed E-state index contributed by atoms with van der Waals surface area (Å²) in [6.07, 6.45) is 11.7. The third kappa shape index (κ3) is 2.06. The molecular weight excluding hydrogens is 168 g/mol. The normalized spacial score (nSPS) is 13.2. The number of hydrogen-bond donors (Lipinski definition) is 0. The van der Waals surface area contributed by atoms with Gasteiger partial charge in [-0.1, -0.05) is 50.1 Å². The molecule has 0 aromatic heterocycles. The number of allylic oxidation sites excluding steroid dienone is 1. The summed E-state index contributed by atoms with van der Waals surface area (Å²) in [5.74, 6) is 0. The Morgan fingerprint density at radius 3 is 2.86 bits per heavy atom. The van der Waals surface area contributed by atoms with Gasteiger partial charge in [0, 0.05) is 6.42 Å². The molecule has 0 amide bonds. The van der Waals surface area contributed by atoms with Gasteiger partial charge in [-0.2, -0.15) is 0 Å². The minimum atomic E-state index is 1.23. The molecule has 0 aliphatic heterocycles. The Bertz CT molecular complexity index is 334. The van der Waals surface area contributed by atoms with Gasteiger partial charge in [0.2, 0.25) is 0 Å². The lowest BCUT2D eigenvalue weighted by Crippen LogP contribution is -1.88. The molecule has 0 atom stereocenters. The molecular formula is C14H17. The van der Waals surface area contributed by atoms with Crippen LogP contribution in [0.25, 0.3) is 6.08 Å². The summed E-state index contributed by atoms with van der Waals surface area (Å²) < 4.78 is 0. The third-order valence-corrected chi connectivity index (χ3v) is 2.77. The van der Waals surface area contributed by atoms with Crippen molar-refractivity contribution < 1.29 is 0 Å². The first-order valence-electron chi connectivity index (χ1n) is 5.54. The molecule has 0 heterocycles. The summed E-state index contributed by atoms with van der Waals surface area (Å²) in [6.45, 7) is 2.25. The highest BCUT2D eigenvalue weighted by Crippen LogP contribution is 2.22. The minimum Gasteiger partial charge on any atom is -0.0755 e. The van der Waals surface area contributed by atoms with Crippen LogP contribution in [0.1, 0.15) is 42.9 Å². The van der Waals surface area contributed by atoms with Gasteiger partial charge in [0.15, 0.2) is 0 Å². The van der Waals surface area contributed by atoms with Crippen LogP contribution in [0.4, 0.5) is 0 Å². The van der Waals surface area contributed by atoms with E-state index >= 15 is 0 Å². The van der Waals surface area contributed by atoms with Crippen molar-refractivity contribution in [1.82, 2.24) is 0 Å². The maximum Gasteiger partial charge on any atom is 0.0131 e. The Hall–Kier alpha value is -1.04. The zero-order valence-corrected chi connectivity index (χ0v) is 8.79. The molecule has 0 nitrogen and oxygen atoms in total. The van der Waals surface area contributed by atoms with Crippen LogP contribution in [0.2, 0.25) is 0 Å². The zero-order chi connectivity index (χ0) is 9.80. The summed E-state index contributed by atoms with van der Waals surface area (Å²) in [4.78, 5) is 0. The van der Waals surface area contributed by atoms with Gasteiger partial charge in [0.25, 0.3) is 0 Å². The second kappa shape index (κ2) is 4.45. The van der Waals surface area contributed by atoms with Gasteiger partial charge in [-0.05, 0) is 29.5 Å². The van der Waals surface area contributed by atoms with E-state index in [-0.39, 0.29) is 0 Å². The highest BCUT2D eigenvalue weighted by molar-refractivity contribution is 5.65. The van der Waals surface area contributed by atoms with E-state index in [4.69, 9.17) is 0 Å². The minimum absolute atomic E-state index is 1.23. The average molecular weight is 185 g/mol. The summed E-state index contributed by atoms with van der Waals surface area (Å²) in [5.41, 5.74) is 4.24. The molecule has 0 heteroatoms. The van der Waals surface area contributed by atoms with Crippen LogP contribution >= 0.6 is 0 Å². The molecule has 0 saturated heterocycles. The van der Waals surface area contributed by atoms with Crippen LogP contribution in [-0.2, 0) is 6.42 Å². The van der Waals surface area contributed by atoms with Gasteiger partial charge in [0.1, 0.15) is 0 Å². The van der Waals surface area contributed by atoms with Crippen LogP contribution in [0.3, 0.4) is 0 Å². The number of benzene rings is 1. The van der Waals surface area contributed by atoms with Gasteiger partial charge in [-0.3, -0.25) is 0 Å². The van der Waals surface area contributed by atoms with Crippen molar-refractivity contribution in [3.63, 3.8) is 0 Å². The molecule has 0 N–H and O–H groups in total. The van der Waals surface area contributed by atoms with E-state index in [0.29, 0.717) is 0 Å². The van der Waals surface area contributed by atoms with Gasteiger partial charge in [-0.25, -0.2) is 0 Å². The number of fused-ring (bicyclic) bond motifs is 1. The van der Waals surface area contributed by atoms with E-state index in [1.54, 1.807) is 0 Å². The van der Waals surface area contributed by atoms with Crippen molar-refractivity contribution in [3.05, 3.63) is 47.4 Å². The highest BCUT2D eigenvalue weighted by atomic mass is 14.1. The quantitative estimate of drug-likeness (QED) is 0.622. The maximum absolute atomic E-state index is 2.32. The summed E-state index contributed by atoms with van der Waals surface area (Å²) in [6, 6.07) is 6.82. The van der Waals surface area contributed by atoms with Crippen LogP contribution in [0.15, 0.2) is 24.3 Å². The maximum atomic E-state index is 2.32. The fraction of sp³-hybridized carbons (Fsp3) is 0.357. The molecule has 2 rings (SSSR count). The summed E-state index contributed by atoms with van der Waals surface area (Å²) in [5, 5.41) is 0. The zero-order valence-electron chi connectivity index (χ0n) is 8.79. The van der Waals surface area contributed by atoms with E-state index in [0.717, 1.165) is 0 Å². The monoisotopic (exact) mass is 185 g/mol. The van der Waals surface area contributed by atoms with E-state index in [1.807, 2.05) is 0 Å². The van der Waals surface area contributed by atoms with Crippen LogP contribution in [0, 0.1) is 6.42 Å². The molecule has 1 aromatic rings. The number of unbranched alkanes of at least 4 members (excludes halogenated alkanes) is 2. The van der Waals surface area contributed by atoms with Gasteiger partial charge in [-0.15, -0.1) is 0 Å².